The molecule has 0 bridgehead atoms. The molecule has 0 aliphatic heterocycles. The zero-order valence-electron chi connectivity index (χ0n) is 26.2. The van der Waals surface area contributed by atoms with Gasteiger partial charge in [-0.15, -0.1) is 0 Å². The van der Waals surface area contributed by atoms with Gasteiger partial charge >= 0.3 is 11.9 Å². The predicted molar refractivity (Wildman–Crippen MR) is 176 cm³/mol. The number of ether oxygens (including phenoxy) is 1. The van der Waals surface area contributed by atoms with E-state index in [1.807, 2.05) is 32.9 Å². The van der Waals surface area contributed by atoms with Crippen molar-refractivity contribution < 1.29 is 24.0 Å². The zero-order chi connectivity index (χ0) is 33.1. The number of fused-ring (bicyclic) bond motifs is 1. The highest BCUT2D eigenvalue weighted by Gasteiger charge is 2.21. The smallest absolute Gasteiger partial charge is 0.351 e. The molecule has 0 saturated heterocycles. The van der Waals surface area contributed by atoms with E-state index in [4.69, 9.17) is 21.0 Å². The van der Waals surface area contributed by atoms with Crippen molar-refractivity contribution in [2.75, 3.05) is 23.4 Å². The van der Waals surface area contributed by atoms with E-state index in [0.29, 0.717) is 53.4 Å². The number of imidazole rings is 1. The number of anilines is 2. The fourth-order valence-electron chi connectivity index (χ4n) is 4.52. The summed E-state index contributed by atoms with van der Waals surface area (Å²) >= 11 is 0. The Balaban J connectivity index is 1.39. The van der Waals surface area contributed by atoms with Crippen LogP contribution in [0.3, 0.4) is 0 Å². The molecule has 0 radical (unpaired) electrons. The van der Waals surface area contributed by atoms with Crippen LogP contribution in [0.25, 0.3) is 11.0 Å². The minimum Gasteiger partial charge on any atom is -0.466 e. The normalized spacial score (nSPS) is 12.2. The number of nitrogens with two attached hydrogens (primary N) is 2. The number of pyridine rings is 1. The third-order valence-corrected chi connectivity index (χ3v) is 6.86. The van der Waals surface area contributed by atoms with Crippen molar-refractivity contribution in [3.63, 3.8) is 0 Å². The van der Waals surface area contributed by atoms with Crippen LogP contribution in [-0.2, 0) is 25.7 Å². The Kier molecular flexibility index (Phi) is 11.8. The van der Waals surface area contributed by atoms with Crippen molar-refractivity contribution in [1.29, 1.82) is 0 Å². The summed E-state index contributed by atoms with van der Waals surface area (Å²) < 4.78 is 5.18. The number of aromatic nitrogens is 3. The molecular formula is C33H40N8O5. The molecule has 4 aromatic rings. The highest BCUT2D eigenvalue weighted by molar-refractivity contribution is 6.07. The van der Waals surface area contributed by atoms with Crippen LogP contribution in [0.2, 0.25) is 0 Å². The third kappa shape index (κ3) is 9.35. The first-order chi connectivity index (χ1) is 22.1. The monoisotopic (exact) mass is 628 g/mol. The highest BCUT2D eigenvalue weighted by Crippen LogP contribution is 2.20. The molecule has 0 saturated carbocycles. The van der Waals surface area contributed by atoms with Gasteiger partial charge in [0.15, 0.2) is 5.84 Å². The second-order valence-electron chi connectivity index (χ2n) is 11.1. The highest BCUT2D eigenvalue weighted by atomic mass is 16.7. The van der Waals surface area contributed by atoms with Gasteiger partial charge in [-0.3, -0.25) is 14.5 Å². The lowest BCUT2D eigenvalue weighted by molar-refractivity contribution is -0.145. The van der Waals surface area contributed by atoms with Crippen molar-refractivity contribution in [3.8, 4) is 0 Å². The minimum absolute atomic E-state index is 0.0470. The summed E-state index contributed by atoms with van der Waals surface area (Å²) in [4.78, 5) is 56.3. The number of carbonyl (C=O) groups is 3. The maximum Gasteiger partial charge on any atom is 0.351 e. The van der Waals surface area contributed by atoms with E-state index >= 15 is 0 Å². The number of oxime groups is 1. The number of carbonyl (C=O) groups excluding carboxylic acids is 3. The zero-order valence-corrected chi connectivity index (χ0v) is 26.2. The lowest BCUT2D eigenvalue weighted by Gasteiger charge is -2.21. The first-order valence-electron chi connectivity index (χ1n) is 15.2. The third-order valence-electron chi connectivity index (χ3n) is 6.86. The summed E-state index contributed by atoms with van der Waals surface area (Å²) in [6.45, 7) is 6.70. The van der Waals surface area contributed by atoms with Gasteiger partial charge in [0.2, 0.25) is 0 Å². The Hall–Kier alpha value is -5.30. The molecule has 4 rings (SSSR count). The molecule has 1 atom stereocenters. The van der Waals surface area contributed by atoms with Gasteiger partial charge in [-0.1, -0.05) is 32.0 Å². The molecule has 2 aromatic heterocycles. The fraction of sp³-hybridized carbons (Fsp3) is 0.333. The van der Waals surface area contributed by atoms with Gasteiger partial charge < -0.3 is 31.3 Å². The van der Waals surface area contributed by atoms with Gasteiger partial charge in [0.25, 0.3) is 5.91 Å². The molecule has 0 fully saturated rings. The largest absolute Gasteiger partial charge is 0.466 e. The average molecular weight is 629 g/mol. The maximum atomic E-state index is 13.6. The Labute approximate surface area is 267 Å². The van der Waals surface area contributed by atoms with Crippen LogP contribution in [0, 0.1) is 5.92 Å². The van der Waals surface area contributed by atoms with Gasteiger partial charge in [-0.2, -0.15) is 0 Å². The number of aromatic amines is 1. The molecule has 2 aromatic carbocycles. The van der Waals surface area contributed by atoms with Crippen LogP contribution in [0.15, 0.2) is 72.0 Å². The molecular weight excluding hydrogens is 588 g/mol. The number of hydrogen-bond acceptors (Lipinski definition) is 10. The quantitative estimate of drug-likeness (QED) is 0.0490. The molecule has 0 aliphatic carbocycles. The Morgan fingerprint density at radius 2 is 1.83 bits per heavy atom. The molecule has 0 spiro atoms. The van der Waals surface area contributed by atoms with E-state index in [1.54, 1.807) is 54.7 Å². The van der Waals surface area contributed by atoms with Crippen molar-refractivity contribution in [2.24, 2.45) is 22.5 Å². The molecule has 1 unspecified atom stereocenters. The Morgan fingerprint density at radius 3 is 2.52 bits per heavy atom. The summed E-state index contributed by atoms with van der Waals surface area (Å²) in [5, 5.41) is 7.01. The predicted octanol–water partition coefficient (Wildman–Crippen LogP) is 4.10. The van der Waals surface area contributed by atoms with E-state index in [2.05, 4.69) is 25.4 Å². The minimum atomic E-state index is -0.762. The number of esters is 1. The van der Waals surface area contributed by atoms with Crippen LogP contribution < -0.4 is 21.7 Å². The van der Waals surface area contributed by atoms with Crippen LogP contribution in [-0.4, -0.2) is 57.8 Å². The van der Waals surface area contributed by atoms with Crippen LogP contribution in [0.1, 0.15) is 61.8 Å². The number of amidine groups is 1. The van der Waals surface area contributed by atoms with Gasteiger partial charge in [-0.05, 0) is 73.4 Å². The van der Waals surface area contributed by atoms with E-state index in [9.17, 15) is 14.4 Å². The summed E-state index contributed by atoms with van der Waals surface area (Å²) in [6.07, 6.45) is 2.86. The van der Waals surface area contributed by atoms with Crippen molar-refractivity contribution >= 4 is 46.2 Å². The second-order valence-corrected chi connectivity index (χ2v) is 11.1. The average Bonchev–Trinajstić information content (AvgIpc) is 3.48. The first kappa shape index (κ1) is 33.6. The number of H-pyrrole nitrogens is 1. The molecule has 0 aliphatic rings. The van der Waals surface area contributed by atoms with Gasteiger partial charge in [0, 0.05) is 29.6 Å². The first-order valence-corrected chi connectivity index (χ1v) is 15.2. The van der Waals surface area contributed by atoms with Crippen LogP contribution in [0.4, 0.5) is 11.5 Å². The Bertz CT molecular complexity index is 1650. The molecule has 242 valence electrons. The standard InChI is InChI=1S/C33H40N8O5/c1-4-17-45-30(42)14-16-41(29-7-5-6-15-36-29)32(43)23-10-13-26-27(19-23)39-28(38-26)20-37-24-11-8-22(9-12-24)31(35)40-46-33(44)25(34)18-21(2)3/h5-13,15,19,21,25,37H,4,14,16-18,20,34H2,1-3H3,(H2,35,40)(H,38,39). The van der Waals surface area contributed by atoms with E-state index in [-0.39, 0.29) is 36.6 Å². The molecule has 46 heavy (non-hydrogen) atoms. The van der Waals surface area contributed by atoms with E-state index < -0.39 is 12.0 Å². The molecule has 2 heterocycles. The van der Waals surface area contributed by atoms with Crippen LogP contribution >= 0.6 is 0 Å². The summed E-state index contributed by atoms with van der Waals surface area (Å²) in [7, 11) is 0. The number of amides is 1. The van der Waals surface area contributed by atoms with Gasteiger partial charge in [0.05, 0.1) is 30.6 Å². The Morgan fingerprint density at radius 1 is 1.07 bits per heavy atom. The van der Waals surface area contributed by atoms with Crippen molar-refractivity contribution in [1.82, 2.24) is 15.0 Å². The fourth-order valence-corrected chi connectivity index (χ4v) is 4.52. The van der Waals surface area contributed by atoms with Crippen LogP contribution in [0.5, 0.6) is 0 Å². The van der Waals surface area contributed by atoms with Crippen molar-refractivity contribution in [2.45, 2.75) is 52.6 Å². The topological polar surface area (TPSA) is 191 Å². The lowest BCUT2D eigenvalue weighted by atomic mass is 10.1. The van der Waals surface area contributed by atoms with E-state index in [0.717, 1.165) is 12.1 Å². The SMILES string of the molecule is CCCOC(=O)CCN(C(=O)c1ccc2nc(CNc3ccc(/C(N)=N/OC(=O)C(N)CC(C)C)cc3)[nH]c2c1)c1ccccn1. The molecule has 13 nitrogen and oxygen atoms in total. The molecule has 6 N–H and O–H groups in total. The number of nitrogens with one attached hydrogen (secondary N) is 2. The maximum absolute atomic E-state index is 13.6. The van der Waals surface area contributed by atoms with Gasteiger partial charge in [-0.25, -0.2) is 14.8 Å². The summed E-state index contributed by atoms with van der Waals surface area (Å²) in [5.74, 6) is 0.106. The lowest BCUT2D eigenvalue weighted by Crippen LogP contribution is -2.34. The second kappa shape index (κ2) is 16.1. The summed E-state index contributed by atoms with van der Waals surface area (Å²) in [6, 6.07) is 16.8. The number of rotatable bonds is 15. The van der Waals surface area contributed by atoms with Gasteiger partial charge in [0.1, 0.15) is 17.7 Å². The summed E-state index contributed by atoms with van der Waals surface area (Å²) in [5.41, 5.74) is 15.0. The number of nitrogens with zero attached hydrogens (tertiary/aromatic N) is 4. The molecule has 13 heteroatoms. The number of benzene rings is 2. The van der Waals surface area contributed by atoms with E-state index in [1.165, 1.54) is 4.90 Å². The van der Waals surface area contributed by atoms with Crippen molar-refractivity contribution in [3.05, 3.63) is 83.8 Å². The molecule has 1 amide bonds. The number of hydrogen-bond donors (Lipinski definition) is 4.